The lowest BCUT2D eigenvalue weighted by Gasteiger charge is -2.40. The average Bonchev–Trinajstić information content (AvgIpc) is 2.80. The van der Waals surface area contributed by atoms with Crippen molar-refractivity contribution < 1.29 is 18.7 Å². The van der Waals surface area contributed by atoms with E-state index in [4.69, 9.17) is 5.73 Å². The minimum Gasteiger partial charge on any atom is -0.391 e. The monoisotopic (exact) mass is 452 g/mol. The van der Waals surface area contributed by atoms with E-state index in [0.717, 1.165) is 5.69 Å². The SMILES string of the molecule is Cc1ccc(F)c(-c2cccc(C(=O)Cc3cnccc3N3C[C@@H](N)[C@H](O)[C@@H](C)C3)n2)c1F. The van der Waals surface area contributed by atoms with Gasteiger partial charge in [0.1, 0.15) is 17.3 Å². The Balaban J connectivity index is 1.61. The number of rotatable bonds is 5. The first-order chi connectivity index (χ1) is 15.8. The molecule has 1 aromatic carbocycles. The highest BCUT2D eigenvalue weighted by atomic mass is 19.1. The zero-order chi connectivity index (χ0) is 23.7. The molecule has 2 aromatic heterocycles. The highest BCUT2D eigenvalue weighted by Gasteiger charge is 2.32. The number of anilines is 1. The van der Waals surface area contributed by atoms with E-state index in [-0.39, 0.29) is 35.1 Å². The van der Waals surface area contributed by atoms with Gasteiger partial charge in [-0.2, -0.15) is 0 Å². The summed E-state index contributed by atoms with van der Waals surface area (Å²) in [6.45, 7) is 4.53. The number of aromatic nitrogens is 2. The van der Waals surface area contributed by atoms with E-state index in [2.05, 4.69) is 9.97 Å². The molecular weight excluding hydrogens is 426 g/mol. The number of aryl methyl sites for hydroxylation is 1. The molecule has 0 amide bonds. The molecule has 33 heavy (non-hydrogen) atoms. The Bertz CT molecular complexity index is 1170. The molecule has 4 rings (SSSR count). The van der Waals surface area contributed by atoms with Gasteiger partial charge in [-0.3, -0.25) is 9.78 Å². The Hall–Kier alpha value is -3.23. The Morgan fingerprint density at radius 3 is 2.76 bits per heavy atom. The molecule has 0 saturated carbocycles. The van der Waals surface area contributed by atoms with Crippen LogP contribution in [0.4, 0.5) is 14.5 Å². The van der Waals surface area contributed by atoms with E-state index in [0.29, 0.717) is 24.2 Å². The number of carbonyl (C=O) groups excluding carboxylic acids is 1. The maximum Gasteiger partial charge on any atom is 0.185 e. The van der Waals surface area contributed by atoms with Crippen LogP contribution in [-0.4, -0.2) is 46.1 Å². The van der Waals surface area contributed by atoms with E-state index in [1.54, 1.807) is 25.4 Å². The Morgan fingerprint density at radius 2 is 2.00 bits per heavy atom. The van der Waals surface area contributed by atoms with Crippen LogP contribution in [0, 0.1) is 24.5 Å². The van der Waals surface area contributed by atoms with E-state index in [9.17, 15) is 18.7 Å². The number of aliphatic hydroxyl groups is 1. The zero-order valence-corrected chi connectivity index (χ0v) is 18.5. The number of halogens is 2. The van der Waals surface area contributed by atoms with Crippen molar-refractivity contribution in [1.29, 1.82) is 0 Å². The largest absolute Gasteiger partial charge is 0.391 e. The first kappa shape index (κ1) is 22.9. The minimum absolute atomic E-state index is 0.0150. The smallest absolute Gasteiger partial charge is 0.185 e. The van der Waals surface area contributed by atoms with Crippen LogP contribution in [0.25, 0.3) is 11.3 Å². The molecule has 172 valence electrons. The van der Waals surface area contributed by atoms with E-state index < -0.39 is 23.8 Å². The van der Waals surface area contributed by atoms with Crippen molar-refractivity contribution in [2.75, 3.05) is 18.0 Å². The number of hydrogen-bond donors (Lipinski definition) is 2. The summed E-state index contributed by atoms with van der Waals surface area (Å²) in [6.07, 6.45) is 2.70. The molecule has 3 heterocycles. The first-order valence-corrected chi connectivity index (χ1v) is 10.8. The Labute approximate surface area is 191 Å². The molecule has 0 bridgehead atoms. The predicted molar refractivity (Wildman–Crippen MR) is 122 cm³/mol. The summed E-state index contributed by atoms with van der Waals surface area (Å²) in [5.74, 6) is -1.75. The summed E-state index contributed by atoms with van der Waals surface area (Å²) >= 11 is 0. The number of pyridine rings is 2. The number of Topliss-reactive ketones (excluding diaryl/α,β-unsaturated/α-hetero) is 1. The van der Waals surface area contributed by atoms with Crippen molar-refractivity contribution in [1.82, 2.24) is 9.97 Å². The van der Waals surface area contributed by atoms with Gasteiger partial charge >= 0.3 is 0 Å². The summed E-state index contributed by atoms with van der Waals surface area (Å²) in [5.41, 5.74) is 7.84. The van der Waals surface area contributed by atoms with Crippen molar-refractivity contribution in [2.45, 2.75) is 32.4 Å². The molecule has 0 radical (unpaired) electrons. The van der Waals surface area contributed by atoms with Crippen LogP contribution in [0.2, 0.25) is 0 Å². The molecule has 3 aromatic rings. The maximum atomic E-state index is 14.6. The average molecular weight is 453 g/mol. The quantitative estimate of drug-likeness (QED) is 0.577. The molecule has 8 heteroatoms. The molecule has 3 N–H and O–H groups in total. The predicted octanol–water partition coefficient (Wildman–Crippen LogP) is 3.30. The van der Waals surface area contributed by atoms with Gasteiger partial charge in [-0.1, -0.05) is 19.1 Å². The third kappa shape index (κ3) is 4.62. The molecule has 0 unspecified atom stereocenters. The van der Waals surface area contributed by atoms with Crippen molar-refractivity contribution in [2.24, 2.45) is 11.7 Å². The number of aliphatic hydroxyl groups excluding tert-OH is 1. The van der Waals surface area contributed by atoms with Crippen LogP contribution in [0.1, 0.15) is 28.5 Å². The molecular formula is C25H26F2N4O2. The van der Waals surface area contributed by atoms with Crippen LogP contribution in [0.5, 0.6) is 0 Å². The summed E-state index contributed by atoms with van der Waals surface area (Å²) < 4.78 is 28.9. The van der Waals surface area contributed by atoms with Gasteiger partial charge in [0.15, 0.2) is 5.78 Å². The number of hydrogen-bond acceptors (Lipinski definition) is 6. The van der Waals surface area contributed by atoms with Gasteiger partial charge in [0.2, 0.25) is 0 Å². The van der Waals surface area contributed by atoms with Crippen LogP contribution in [-0.2, 0) is 6.42 Å². The number of piperidine rings is 1. The fourth-order valence-corrected chi connectivity index (χ4v) is 4.26. The number of carbonyl (C=O) groups is 1. The van der Waals surface area contributed by atoms with E-state index in [1.165, 1.54) is 24.3 Å². The molecule has 0 aliphatic carbocycles. The molecule has 3 atom stereocenters. The van der Waals surface area contributed by atoms with Gasteiger partial charge in [-0.25, -0.2) is 13.8 Å². The lowest BCUT2D eigenvalue weighted by atomic mass is 9.92. The number of nitrogens with two attached hydrogens (primary N) is 1. The fourth-order valence-electron chi connectivity index (χ4n) is 4.26. The highest BCUT2D eigenvalue weighted by Crippen LogP contribution is 2.29. The van der Waals surface area contributed by atoms with Crippen molar-refractivity contribution in [3.8, 4) is 11.3 Å². The molecule has 1 aliphatic rings. The second-order valence-corrected chi connectivity index (χ2v) is 8.60. The number of nitrogens with zero attached hydrogens (tertiary/aromatic N) is 3. The zero-order valence-electron chi connectivity index (χ0n) is 18.5. The Kier molecular flexibility index (Phi) is 6.49. The van der Waals surface area contributed by atoms with Gasteiger partial charge in [0, 0.05) is 55.1 Å². The second kappa shape index (κ2) is 9.33. The summed E-state index contributed by atoms with van der Waals surface area (Å²) in [4.78, 5) is 23.6. The summed E-state index contributed by atoms with van der Waals surface area (Å²) in [7, 11) is 0. The lowest BCUT2D eigenvalue weighted by Crippen LogP contribution is -2.55. The number of benzene rings is 1. The Morgan fingerprint density at radius 1 is 1.21 bits per heavy atom. The van der Waals surface area contributed by atoms with Crippen molar-refractivity contribution in [3.05, 3.63) is 77.2 Å². The van der Waals surface area contributed by atoms with E-state index >= 15 is 0 Å². The summed E-state index contributed by atoms with van der Waals surface area (Å²) in [6, 6.07) is 8.54. The lowest BCUT2D eigenvalue weighted by molar-refractivity contribution is 0.0784. The van der Waals surface area contributed by atoms with Gasteiger partial charge in [-0.15, -0.1) is 0 Å². The topological polar surface area (TPSA) is 92.3 Å². The standard InChI is InChI=1S/C25H26F2N4O2/c1-14-6-7-17(26)23(24(14)27)20-5-3-4-19(30-20)22(32)10-16-11-29-9-8-21(16)31-12-15(2)25(33)18(28)13-31/h3-9,11,15,18,25,33H,10,12-13,28H2,1-2H3/t15-,18+,25+/m0/s1. The van der Waals surface area contributed by atoms with Gasteiger partial charge < -0.3 is 15.7 Å². The maximum absolute atomic E-state index is 14.6. The van der Waals surface area contributed by atoms with Gasteiger partial charge in [0.05, 0.1) is 17.4 Å². The molecule has 1 fully saturated rings. The molecule has 0 spiro atoms. The summed E-state index contributed by atoms with van der Waals surface area (Å²) in [5, 5.41) is 10.2. The van der Waals surface area contributed by atoms with Crippen molar-refractivity contribution >= 4 is 11.5 Å². The number of ketones is 1. The van der Waals surface area contributed by atoms with Crippen molar-refractivity contribution in [3.63, 3.8) is 0 Å². The van der Waals surface area contributed by atoms with E-state index in [1.807, 2.05) is 17.9 Å². The highest BCUT2D eigenvalue weighted by molar-refractivity contribution is 5.97. The van der Waals surface area contributed by atoms with Crippen LogP contribution < -0.4 is 10.6 Å². The van der Waals surface area contributed by atoms with Gasteiger partial charge in [0.25, 0.3) is 0 Å². The minimum atomic E-state index is -0.734. The van der Waals surface area contributed by atoms with Crippen LogP contribution >= 0.6 is 0 Å². The molecule has 6 nitrogen and oxygen atoms in total. The third-order valence-electron chi connectivity index (χ3n) is 6.11. The second-order valence-electron chi connectivity index (χ2n) is 8.60. The molecule has 1 saturated heterocycles. The first-order valence-electron chi connectivity index (χ1n) is 10.8. The normalized spacial score (nSPS) is 20.7. The van der Waals surface area contributed by atoms with Gasteiger partial charge in [-0.05, 0) is 36.8 Å². The van der Waals surface area contributed by atoms with Crippen LogP contribution in [0.3, 0.4) is 0 Å². The molecule has 1 aliphatic heterocycles. The van der Waals surface area contributed by atoms with Crippen LogP contribution in [0.15, 0.2) is 48.8 Å². The fraction of sp³-hybridized carbons (Fsp3) is 0.320. The third-order valence-corrected chi connectivity index (χ3v) is 6.11.